The standard InChI is InChI=1S/C15H13N5O3S2/c1-8-13(23)20-14(18-17-8)25-15(19-20)24-7-12(22)16-11-5-3-10(4-6-11)9(2)21/h3-6H,7H2,1-2H3,(H,16,22). The maximum Gasteiger partial charge on any atom is 0.296 e. The summed E-state index contributed by atoms with van der Waals surface area (Å²) in [5.41, 5.74) is 1.15. The minimum absolute atomic E-state index is 0.0298. The molecule has 1 amide bonds. The van der Waals surface area contributed by atoms with Crippen LogP contribution in [-0.2, 0) is 4.79 Å². The molecule has 8 nitrogen and oxygen atoms in total. The number of hydrogen-bond donors (Lipinski definition) is 1. The van der Waals surface area contributed by atoms with Gasteiger partial charge in [0, 0.05) is 11.3 Å². The molecule has 0 aliphatic rings. The Morgan fingerprint density at radius 1 is 1.24 bits per heavy atom. The van der Waals surface area contributed by atoms with Crippen LogP contribution in [0.2, 0.25) is 0 Å². The Balaban J connectivity index is 1.63. The zero-order valence-electron chi connectivity index (χ0n) is 13.3. The highest BCUT2D eigenvalue weighted by molar-refractivity contribution is 8.01. The summed E-state index contributed by atoms with van der Waals surface area (Å²) in [7, 11) is 0. The molecule has 128 valence electrons. The molecule has 0 aliphatic carbocycles. The van der Waals surface area contributed by atoms with Gasteiger partial charge >= 0.3 is 0 Å². The van der Waals surface area contributed by atoms with Gasteiger partial charge in [-0.15, -0.1) is 15.3 Å². The van der Waals surface area contributed by atoms with E-state index in [1.807, 2.05) is 0 Å². The molecule has 0 fully saturated rings. The number of ketones is 1. The van der Waals surface area contributed by atoms with Crippen LogP contribution >= 0.6 is 23.1 Å². The van der Waals surface area contributed by atoms with Crippen molar-refractivity contribution in [3.63, 3.8) is 0 Å². The Morgan fingerprint density at radius 3 is 2.64 bits per heavy atom. The van der Waals surface area contributed by atoms with Gasteiger partial charge in [0.1, 0.15) is 5.69 Å². The van der Waals surface area contributed by atoms with Crippen molar-refractivity contribution in [1.82, 2.24) is 19.8 Å². The first-order chi connectivity index (χ1) is 11.9. The number of thioether (sulfide) groups is 1. The topological polar surface area (TPSA) is 106 Å². The second-order valence-corrected chi connectivity index (χ2v) is 7.30. The maximum atomic E-state index is 12.0. The van der Waals surface area contributed by atoms with E-state index in [0.717, 1.165) is 0 Å². The molecule has 2 aromatic heterocycles. The Labute approximate surface area is 150 Å². The molecule has 3 aromatic rings. The van der Waals surface area contributed by atoms with Crippen molar-refractivity contribution in [2.45, 2.75) is 18.2 Å². The van der Waals surface area contributed by atoms with Crippen molar-refractivity contribution in [3.05, 3.63) is 45.9 Å². The molecule has 10 heteroatoms. The molecule has 0 saturated heterocycles. The lowest BCUT2D eigenvalue weighted by Crippen LogP contribution is -2.19. The highest BCUT2D eigenvalue weighted by atomic mass is 32.2. The quantitative estimate of drug-likeness (QED) is 0.535. The Kier molecular flexibility index (Phi) is 4.91. The van der Waals surface area contributed by atoms with Crippen molar-refractivity contribution < 1.29 is 9.59 Å². The zero-order valence-corrected chi connectivity index (χ0v) is 15.0. The van der Waals surface area contributed by atoms with Crippen LogP contribution in [0.4, 0.5) is 5.69 Å². The second-order valence-electron chi connectivity index (χ2n) is 5.12. The average Bonchev–Trinajstić information content (AvgIpc) is 3.01. The third kappa shape index (κ3) is 3.91. The van der Waals surface area contributed by atoms with E-state index in [1.54, 1.807) is 31.2 Å². The van der Waals surface area contributed by atoms with Crippen LogP contribution in [0.15, 0.2) is 33.4 Å². The number of amides is 1. The largest absolute Gasteiger partial charge is 0.325 e. The zero-order chi connectivity index (χ0) is 18.0. The van der Waals surface area contributed by atoms with Crippen LogP contribution in [-0.4, -0.2) is 37.3 Å². The predicted molar refractivity (Wildman–Crippen MR) is 95.5 cm³/mol. The lowest BCUT2D eigenvalue weighted by atomic mass is 10.1. The number of aryl methyl sites for hydroxylation is 1. The van der Waals surface area contributed by atoms with Crippen LogP contribution in [0.3, 0.4) is 0 Å². The lowest BCUT2D eigenvalue weighted by molar-refractivity contribution is -0.113. The summed E-state index contributed by atoms with van der Waals surface area (Å²) >= 11 is 2.41. The number of nitrogens with one attached hydrogen (secondary N) is 1. The fraction of sp³-hybridized carbons (Fsp3) is 0.200. The van der Waals surface area contributed by atoms with Crippen LogP contribution in [0.5, 0.6) is 0 Å². The third-order valence-corrected chi connectivity index (χ3v) is 5.26. The molecule has 2 heterocycles. The molecular weight excluding hydrogens is 362 g/mol. The van der Waals surface area contributed by atoms with E-state index in [2.05, 4.69) is 20.6 Å². The van der Waals surface area contributed by atoms with E-state index in [9.17, 15) is 14.4 Å². The highest BCUT2D eigenvalue weighted by Crippen LogP contribution is 2.23. The summed E-state index contributed by atoms with van der Waals surface area (Å²) in [6.45, 7) is 3.05. The predicted octanol–water partition coefficient (Wildman–Crippen LogP) is 1.79. The molecule has 1 N–H and O–H groups in total. The fourth-order valence-corrected chi connectivity index (χ4v) is 3.62. The smallest absolute Gasteiger partial charge is 0.296 e. The van der Waals surface area contributed by atoms with Crippen molar-refractivity contribution in [3.8, 4) is 0 Å². The third-order valence-electron chi connectivity index (χ3n) is 3.23. The highest BCUT2D eigenvalue weighted by Gasteiger charge is 2.12. The Hall–Kier alpha value is -2.59. The summed E-state index contributed by atoms with van der Waals surface area (Å²) in [6, 6.07) is 6.67. The number of anilines is 1. The number of fused-ring (bicyclic) bond motifs is 1. The Morgan fingerprint density at radius 2 is 1.96 bits per heavy atom. The van der Waals surface area contributed by atoms with Gasteiger partial charge < -0.3 is 5.32 Å². The first-order valence-corrected chi connectivity index (χ1v) is 9.01. The molecule has 0 aliphatic heterocycles. The van der Waals surface area contributed by atoms with Gasteiger partial charge in [-0.25, -0.2) is 0 Å². The minimum atomic E-state index is -0.317. The summed E-state index contributed by atoms with van der Waals surface area (Å²) in [5.74, 6) is -0.109. The number of aromatic nitrogens is 4. The van der Waals surface area contributed by atoms with Gasteiger partial charge in [0.05, 0.1) is 5.75 Å². The summed E-state index contributed by atoms with van der Waals surface area (Å²) in [6.07, 6.45) is 0. The second kappa shape index (κ2) is 7.11. The van der Waals surface area contributed by atoms with E-state index in [1.165, 1.54) is 34.5 Å². The monoisotopic (exact) mass is 375 g/mol. The van der Waals surface area contributed by atoms with Crippen molar-refractivity contribution in [1.29, 1.82) is 0 Å². The van der Waals surface area contributed by atoms with Gasteiger partial charge in [0.2, 0.25) is 10.9 Å². The summed E-state index contributed by atoms with van der Waals surface area (Å²) in [4.78, 5) is 35.5. The minimum Gasteiger partial charge on any atom is -0.325 e. The number of Topliss-reactive ketones (excluding diaryl/α,β-unsaturated/α-hetero) is 1. The van der Waals surface area contributed by atoms with E-state index in [4.69, 9.17) is 0 Å². The first-order valence-electron chi connectivity index (χ1n) is 7.21. The molecule has 0 radical (unpaired) electrons. The van der Waals surface area contributed by atoms with Gasteiger partial charge in [-0.2, -0.15) is 4.52 Å². The molecule has 0 spiro atoms. The number of carbonyl (C=O) groups excluding carboxylic acids is 2. The Bertz CT molecular complexity index is 1010. The van der Waals surface area contributed by atoms with Crippen molar-refractivity contribution >= 4 is 45.4 Å². The molecule has 25 heavy (non-hydrogen) atoms. The molecule has 0 unspecified atom stereocenters. The van der Waals surface area contributed by atoms with Crippen molar-refractivity contribution in [2.24, 2.45) is 0 Å². The van der Waals surface area contributed by atoms with Gasteiger partial charge in [-0.1, -0.05) is 23.1 Å². The number of hydrogen-bond acceptors (Lipinski definition) is 8. The van der Waals surface area contributed by atoms with Gasteiger partial charge in [0.25, 0.3) is 5.56 Å². The van der Waals surface area contributed by atoms with Crippen LogP contribution in [0.1, 0.15) is 23.0 Å². The first kappa shape index (κ1) is 17.2. The SMILES string of the molecule is CC(=O)c1ccc(NC(=O)CSc2nn3c(=O)c(C)nnc3s2)cc1. The van der Waals surface area contributed by atoms with E-state index in [0.29, 0.717) is 20.6 Å². The molecule has 1 aromatic carbocycles. The van der Waals surface area contributed by atoms with Gasteiger partial charge in [-0.3, -0.25) is 14.4 Å². The number of rotatable bonds is 5. The van der Waals surface area contributed by atoms with Gasteiger partial charge in [-0.05, 0) is 38.1 Å². The molecule has 0 saturated carbocycles. The molecule has 0 bridgehead atoms. The van der Waals surface area contributed by atoms with E-state index in [-0.39, 0.29) is 28.7 Å². The normalized spacial score (nSPS) is 10.8. The van der Waals surface area contributed by atoms with Gasteiger partial charge in [0.15, 0.2) is 10.1 Å². The lowest BCUT2D eigenvalue weighted by Gasteiger charge is -2.04. The van der Waals surface area contributed by atoms with Crippen LogP contribution < -0.4 is 10.9 Å². The average molecular weight is 375 g/mol. The maximum absolute atomic E-state index is 12.0. The molecular formula is C15H13N5O3S2. The summed E-state index contributed by atoms with van der Waals surface area (Å²) < 4.78 is 1.74. The molecule has 3 rings (SSSR count). The van der Waals surface area contributed by atoms with E-state index < -0.39 is 0 Å². The van der Waals surface area contributed by atoms with Crippen LogP contribution in [0.25, 0.3) is 4.96 Å². The number of nitrogens with zero attached hydrogens (tertiary/aromatic N) is 4. The van der Waals surface area contributed by atoms with Crippen molar-refractivity contribution in [2.75, 3.05) is 11.1 Å². The number of benzene rings is 1. The van der Waals surface area contributed by atoms with Crippen LogP contribution in [0, 0.1) is 6.92 Å². The molecule has 0 atom stereocenters. The van der Waals surface area contributed by atoms with E-state index >= 15 is 0 Å². The fourth-order valence-electron chi connectivity index (χ4n) is 1.95. The summed E-state index contributed by atoms with van der Waals surface area (Å²) in [5, 5.41) is 14.6. The number of carbonyl (C=O) groups is 2.